The van der Waals surface area contributed by atoms with E-state index in [1.807, 2.05) is 27.0 Å². The highest BCUT2D eigenvalue weighted by Crippen LogP contribution is 2.32. The van der Waals surface area contributed by atoms with E-state index in [0.717, 1.165) is 29.0 Å². The summed E-state index contributed by atoms with van der Waals surface area (Å²) in [5.74, 6) is 0.733. The number of sulfonamides is 1. The average Bonchev–Trinajstić information content (AvgIpc) is 3.16. The molecule has 0 saturated heterocycles. The molecular formula is C15H24N2O2S. The van der Waals surface area contributed by atoms with Crippen molar-refractivity contribution in [2.45, 2.75) is 44.6 Å². The molecule has 0 bridgehead atoms. The second-order valence-corrected chi connectivity index (χ2v) is 7.44. The van der Waals surface area contributed by atoms with E-state index in [1.165, 1.54) is 12.8 Å². The van der Waals surface area contributed by atoms with Gasteiger partial charge in [-0.3, -0.25) is 0 Å². The van der Waals surface area contributed by atoms with Crippen LogP contribution in [0.2, 0.25) is 0 Å². The Morgan fingerprint density at radius 2 is 1.90 bits per heavy atom. The van der Waals surface area contributed by atoms with Crippen molar-refractivity contribution in [1.29, 1.82) is 0 Å². The van der Waals surface area contributed by atoms with Gasteiger partial charge in [0.05, 0.1) is 4.90 Å². The quantitative estimate of drug-likeness (QED) is 0.810. The highest BCUT2D eigenvalue weighted by atomic mass is 32.2. The summed E-state index contributed by atoms with van der Waals surface area (Å²) >= 11 is 0. The van der Waals surface area contributed by atoms with Crippen LogP contribution in [0.15, 0.2) is 17.0 Å². The van der Waals surface area contributed by atoms with Crippen LogP contribution in [0.3, 0.4) is 0 Å². The normalized spacial score (nSPS) is 15.6. The van der Waals surface area contributed by atoms with Gasteiger partial charge in [-0.15, -0.1) is 0 Å². The van der Waals surface area contributed by atoms with Crippen LogP contribution in [0.4, 0.5) is 0 Å². The molecule has 4 nitrogen and oxygen atoms in total. The lowest BCUT2D eigenvalue weighted by atomic mass is 10.1. The smallest absolute Gasteiger partial charge is 0.240 e. The van der Waals surface area contributed by atoms with Gasteiger partial charge >= 0.3 is 0 Å². The molecule has 2 rings (SSSR count). The Hall–Kier alpha value is -0.910. The molecule has 1 fully saturated rings. The van der Waals surface area contributed by atoms with E-state index in [9.17, 15) is 8.42 Å². The van der Waals surface area contributed by atoms with Crippen molar-refractivity contribution in [1.82, 2.24) is 10.0 Å². The van der Waals surface area contributed by atoms with Gasteiger partial charge in [-0.05, 0) is 56.0 Å². The number of nitrogens with one attached hydrogen (secondary N) is 2. The molecule has 0 atom stereocenters. The van der Waals surface area contributed by atoms with E-state index < -0.39 is 10.0 Å². The first-order valence-corrected chi connectivity index (χ1v) is 8.66. The zero-order valence-electron chi connectivity index (χ0n) is 12.5. The van der Waals surface area contributed by atoms with Gasteiger partial charge in [0.1, 0.15) is 0 Å². The second-order valence-electron chi connectivity index (χ2n) is 5.70. The van der Waals surface area contributed by atoms with Crippen LogP contribution >= 0.6 is 0 Å². The Balaban J connectivity index is 2.17. The van der Waals surface area contributed by atoms with E-state index in [1.54, 1.807) is 6.07 Å². The van der Waals surface area contributed by atoms with Crippen LogP contribution in [0.25, 0.3) is 0 Å². The fourth-order valence-corrected chi connectivity index (χ4v) is 3.75. The van der Waals surface area contributed by atoms with Gasteiger partial charge < -0.3 is 5.32 Å². The first kappa shape index (κ1) is 15.5. The monoisotopic (exact) mass is 296 g/mol. The van der Waals surface area contributed by atoms with Crippen LogP contribution < -0.4 is 10.0 Å². The molecule has 0 unspecified atom stereocenters. The summed E-state index contributed by atoms with van der Waals surface area (Å²) in [6.45, 7) is 5.08. The summed E-state index contributed by atoms with van der Waals surface area (Å²) in [5, 5.41) is 3.07. The van der Waals surface area contributed by atoms with Crippen molar-refractivity contribution < 1.29 is 8.42 Å². The summed E-state index contributed by atoms with van der Waals surface area (Å²) < 4.78 is 27.5. The molecule has 5 heteroatoms. The topological polar surface area (TPSA) is 58.2 Å². The Labute approximate surface area is 122 Å². The second kappa shape index (κ2) is 6.24. The van der Waals surface area contributed by atoms with Crippen molar-refractivity contribution in [3.63, 3.8) is 0 Å². The van der Waals surface area contributed by atoms with Crippen molar-refractivity contribution in [3.8, 4) is 0 Å². The van der Waals surface area contributed by atoms with Crippen LogP contribution in [0, 0.1) is 19.8 Å². The lowest BCUT2D eigenvalue weighted by molar-refractivity contribution is 0.574. The molecule has 2 N–H and O–H groups in total. The number of hydrogen-bond donors (Lipinski definition) is 2. The van der Waals surface area contributed by atoms with Crippen LogP contribution in [-0.4, -0.2) is 22.0 Å². The summed E-state index contributed by atoms with van der Waals surface area (Å²) in [6, 6.07) is 3.74. The molecule has 20 heavy (non-hydrogen) atoms. The molecule has 0 radical (unpaired) electrons. The molecule has 0 heterocycles. The fourth-order valence-electron chi connectivity index (χ4n) is 2.43. The summed E-state index contributed by atoms with van der Waals surface area (Å²) in [7, 11) is -1.53. The molecule has 1 aromatic carbocycles. The van der Waals surface area contributed by atoms with Crippen molar-refractivity contribution in [2.24, 2.45) is 5.92 Å². The Morgan fingerprint density at radius 1 is 1.20 bits per heavy atom. The third-order valence-corrected chi connectivity index (χ3v) is 5.43. The molecule has 0 spiro atoms. The fraction of sp³-hybridized carbons (Fsp3) is 0.600. The SMILES string of the molecule is CNCc1cc(S(=O)(=O)NCCC2CC2)c(C)cc1C. The van der Waals surface area contributed by atoms with Gasteiger partial charge in [-0.2, -0.15) is 0 Å². The lowest BCUT2D eigenvalue weighted by Gasteiger charge is -2.13. The van der Waals surface area contributed by atoms with E-state index >= 15 is 0 Å². The minimum absolute atomic E-state index is 0.407. The van der Waals surface area contributed by atoms with Crippen molar-refractivity contribution in [3.05, 3.63) is 28.8 Å². The summed E-state index contributed by atoms with van der Waals surface area (Å²) in [6.07, 6.45) is 3.45. The molecule has 0 aliphatic heterocycles. The molecule has 1 aromatic rings. The minimum atomic E-state index is -3.39. The molecule has 0 amide bonds. The Bertz CT molecular complexity index is 578. The van der Waals surface area contributed by atoms with Crippen molar-refractivity contribution >= 4 is 10.0 Å². The predicted octanol–water partition coefficient (Wildman–Crippen LogP) is 2.10. The summed E-state index contributed by atoms with van der Waals surface area (Å²) in [5.41, 5.74) is 2.95. The number of hydrogen-bond acceptors (Lipinski definition) is 3. The van der Waals surface area contributed by atoms with Gasteiger partial charge in [0.2, 0.25) is 10.0 Å². The highest BCUT2D eigenvalue weighted by molar-refractivity contribution is 7.89. The van der Waals surface area contributed by atoms with Crippen molar-refractivity contribution in [2.75, 3.05) is 13.6 Å². The van der Waals surface area contributed by atoms with Gasteiger partial charge in [0.25, 0.3) is 0 Å². The maximum Gasteiger partial charge on any atom is 0.240 e. The zero-order valence-corrected chi connectivity index (χ0v) is 13.3. The summed E-state index contributed by atoms with van der Waals surface area (Å²) in [4.78, 5) is 0.407. The van der Waals surface area contributed by atoms with E-state index in [-0.39, 0.29) is 0 Å². The molecule has 1 aliphatic carbocycles. The molecular weight excluding hydrogens is 272 g/mol. The maximum absolute atomic E-state index is 12.4. The average molecular weight is 296 g/mol. The van der Waals surface area contributed by atoms with Gasteiger partial charge in [0.15, 0.2) is 0 Å². The van der Waals surface area contributed by atoms with Gasteiger partial charge in [-0.25, -0.2) is 13.1 Å². The van der Waals surface area contributed by atoms with E-state index in [2.05, 4.69) is 10.0 Å². The maximum atomic E-state index is 12.4. The number of benzene rings is 1. The number of aryl methyl sites for hydroxylation is 2. The third-order valence-electron chi connectivity index (χ3n) is 3.83. The minimum Gasteiger partial charge on any atom is -0.316 e. The Morgan fingerprint density at radius 3 is 2.50 bits per heavy atom. The first-order chi connectivity index (χ1) is 9.44. The lowest BCUT2D eigenvalue weighted by Crippen LogP contribution is -2.26. The molecule has 112 valence electrons. The van der Waals surface area contributed by atoms with Crippen LogP contribution in [-0.2, 0) is 16.6 Å². The highest BCUT2D eigenvalue weighted by Gasteiger charge is 2.23. The third kappa shape index (κ3) is 3.81. The van der Waals surface area contributed by atoms with Gasteiger partial charge in [-0.1, -0.05) is 18.9 Å². The Kier molecular flexibility index (Phi) is 4.83. The standard InChI is InChI=1S/C15H24N2O2S/c1-11-8-12(2)15(9-14(11)10-16-3)20(18,19)17-7-6-13-4-5-13/h8-9,13,16-17H,4-7,10H2,1-3H3. The van der Waals surface area contributed by atoms with E-state index in [0.29, 0.717) is 18.0 Å². The van der Waals surface area contributed by atoms with Gasteiger partial charge in [0, 0.05) is 13.1 Å². The van der Waals surface area contributed by atoms with E-state index in [4.69, 9.17) is 0 Å². The number of rotatable bonds is 7. The predicted molar refractivity (Wildman–Crippen MR) is 81.2 cm³/mol. The molecule has 0 aromatic heterocycles. The zero-order chi connectivity index (χ0) is 14.8. The van der Waals surface area contributed by atoms with Crippen LogP contribution in [0.5, 0.6) is 0 Å². The first-order valence-electron chi connectivity index (χ1n) is 7.18. The molecule has 1 aliphatic rings. The molecule has 1 saturated carbocycles. The largest absolute Gasteiger partial charge is 0.316 e. The van der Waals surface area contributed by atoms with Crippen LogP contribution in [0.1, 0.15) is 36.0 Å².